The third-order valence-electron chi connectivity index (χ3n) is 2.11. The largest absolute Gasteiger partial charge is 0.494 e. The Hall–Kier alpha value is -1.34. The minimum absolute atomic E-state index is 0.00444. The zero-order chi connectivity index (χ0) is 14.3. The maximum Gasteiger partial charge on any atom is 0.411 e. The molecule has 1 rings (SSSR count). The molecule has 0 saturated heterocycles. The fourth-order valence-electron chi connectivity index (χ4n) is 1.25. The molecule has 1 aromatic rings. The van der Waals surface area contributed by atoms with Crippen molar-refractivity contribution in [1.29, 1.82) is 0 Å². The van der Waals surface area contributed by atoms with Gasteiger partial charge < -0.3 is 15.2 Å². The van der Waals surface area contributed by atoms with E-state index in [1.54, 1.807) is 24.3 Å². The van der Waals surface area contributed by atoms with Crippen LogP contribution in [0.2, 0.25) is 0 Å². The van der Waals surface area contributed by atoms with Crippen LogP contribution in [-0.2, 0) is 4.74 Å². The molecule has 0 aromatic heterocycles. The molecule has 0 atom stereocenters. The minimum atomic E-state index is -4.28. The van der Waals surface area contributed by atoms with Crippen LogP contribution >= 0.6 is 12.2 Å². The third kappa shape index (κ3) is 6.97. The monoisotopic (exact) mass is 293 g/mol. The lowest BCUT2D eigenvalue weighted by Crippen LogP contribution is -2.18. The van der Waals surface area contributed by atoms with Gasteiger partial charge in [-0.1, -0.05) is 12.2 Å². The first-order valence-corrected chi connectivity index (χ1v) is 5.96. The summed E-state index contributed by atoms with van der Waals surface area (Å²) in [5.74, 6) is 0.607. The predicted molar refractivity (Wildman–Crippen MR) is 69.3 cm³/mol. The Morgan fingerprint density at radius 3 is 2.32 bits per heavy atom. The van der Waals surface area contributed by atoms with E-state index in [0.717, 1.165) is 5.56 Å². The van der Waals surface area contributed by atoms with E-state index in [9.17, 15) is 13.2 Å². The molecule has 2 N–H and O–H groups in total. The van der Waals surface area contributed by atoms with Crippen molar-refractivity contribution in [3.63, 3.8) is 0 Å². The molecule has 0 amide bonds. The van der Waals surface area contributed by atoms with Gasteiger partial charge in [0, 0.05) is 12.0 Å². The highest BCUT2D eigenvalue weighted by molar-refractivity contribution is 7.80. The average molecular weight is 293 g/mol. The lowest BCUT2D eigenvalue weighted by atomic mass is 10.2. The smallest absolute Gasteiger partial charge is 0.411 e. The second-order valence-electron chi connectivity index (χ2n) is 3.76. The highest BCUT2D eigenvalue weighted by Crippen LogP contribution is 2.15. The van der Waals surface area contributed by atoms with Crippen molar-refractivity contribution in [2.75, 3.05) is 19.8 Å². The number of hydrogen-bond donors (Lipinski definition) is 1. The van der Waals surface area contributed by atoms with Gasteiger partial charge in [-0.05, 0) is 24.3 Å². The summed E-state index contributed by atoms with van der Waals surface area (Å²) in [4.78, 5) is 0.298. The van der Waals surface area contributed by atoms with Crippen LogP contribution in [0.5, 0.6) is 5.75 Å². The third-order valence-corrected chi connectivity index (χ3v) is 2.34. The molecule has 0 saturated carbocycles. The molecule has 0 bridgehead atoms. The molecule has 0 aliphatic carbocycles. The number of nitrogens with two attached hydrogens (primary N) is 1. The summed E-state index contributed by atoms with van der Waals surface area (Å²) < 4.78 is 45.0. The van der Waals surface area contributed by atoms with Crippen LogP contribution in [0, 0.1) is 0 Å². The van der Waals surface area contributed by atoms with Gasteiger partial charge in [-0.15, -0.1) is 0 Å². The van der Waals surface area contributed by atoms with E-state index in [1.165, 1.54) is 0 Å². The maximum absolute atomic E-state index is 11.8. The zero-order valence-corrected chi connectivity index (χ0v) is 10.9. The maximum atomic E-state index is 11.8. The minimum Gasteiger partial charge on any atom is -0.494 e. The standard InChI is InChI=1S/C12H14F3NO2S/c13-12(14,15)8-17-6-1-7-18-10-4-2-9(3-5-10)11(16)19/h2-5H,1,6-8H2,(H2,16,19). The summed E-state index contributed by atoms with van der Waals surface area (Å²) in [6.45, 7) is -0.940. The Labute approximate surface area is 114 Å². The van der Waals surface area contributed by atoms with Crippen LogP contribution in [0.15, 0.2) is 24.3 Å². The van der Waals surface area contributed by atoms with Gasteiger partial charge in [-0.25, -0.2) is 0 Å². The number of halogens is 3. The first kappa shape index (κ1) is 15.7. The van der Waals surface area contributed by atoms with Gasteiger partial charge in [0.1, 0.15) is 17.3 Å². The van der Waals surface area contributed by atoms with E-state index < -0.39 is 12.8 Å². The molecule has 0 aliphatic heterocycles. The van der Waals surface area contributed by atoms with E-state index in [1.807, 2.05) is 0 Å². The highest BCUT2D eigenvalue weighted by Gasteiger charge is 2.27. The highest BCUT2D eigenvalue weighted by atomic mass is 32.1. The average Bonchev–Trinajstić information content (AvgIpc) is 2.33. The van der Waals surface area contributed by atoms with Gasteiger partial charge in [-0.2, -0.15) is 13.2 Å². The summed E-state index contributed by atoms with van der Waals surface area (Å²) in [5.41, 5.74) is 6.17. The quantitative estimate of drug-likeness (QED) is 0.620. The van der Waals surface area contributed by atoms with Crippen molar-refractivity contribution in [2.24, 2.45) is 5.73 Å². The van der Waals surface area contributed by atoms with Crippen LogP contribution in [0.3, 0.4) is 0 Å². The van der Waals surface area contributed by atoms with E-state index >= 15 is 0 Å². The summed E-state index contributed by atoms with van der Waals surface area (Å²) in [6.07, 6.45) is -3.90. The Morgan fingerprint density at radius 2 is 1.79 bits per heavy atom. The Balaban J connectivity index is 2.17. The number of ether oxygens (including phenoxy) is 2. The molecular weight excluding hydrogens is 279 g/mol. The lowest BCUT2D eigenvalue weighted by molar-refractivity contribution is -0.174. The Morgan fingerprint density at radius 1 is 1.16 bits per heavy atom. The van der Waals surface area contributed by atoms with Crippen LogP contribution in [-0.4, -0.2) is 31.0 Å². The van der Waals surface area contributed by atoms with E-state index in [2.05, 4.69) is 4.74 Å². The van der Waals surface area contributed by atoms with Crippen molar-refractivity contribution in [3.8, 4) is 5.75 Å². The SMILES string of the molecule is NC(=S)c1ccc(OCCCOCC(F)(F)F)cc1. The van der Waals surface area contributed by atoms with Gasteiger partial charge in [0.05, 0.1) is 13.2 Å². The van der Waals surface area contributed by atoms with E-state index in [-0.39, 0.29) is 13.2 Å². The van der Waals surface area contributed by atoms with Gasteiger partial charge in [-0.3, -0.25) is 0 Å². The van der Waals surface area contributed by atoms with Crippen LogP contribution in [0.1, 0.15) is 12.0 Å². The van der Waals surface area contributed by atoms with Crippen molar-refractivity contribution in [3.05, 3.63) is 29.8 Å². The second kappa shape index (κ2) is 7.30. The molecule has 0 spiro atoms. The topological polar surface area (TPSA) is 44.5 Å². The van der Waals surface area contributed by atoms with Crippen molar-refractivity contribution < 1.29 is 22.6 Å². The molecule has 0 heterocycles. The van der Waals surface area contributed by atoms with Crippen LogP contribution < -0.4 is 10.5 Å². The normalized spacial score (nSPS) is 11.3. The fraction of sp³-hybridized carbons (Fsp3) is 0.417. The second-order valence-corrected chi connectivity index (χ2v) is 4.20. The summed E-state index contributed by atoms with van der Waals surface area (Å²) in [7, 11) is 0. The zero-order valence-electron chi connectivity index (χ0n) is 10.1. The first-order chi connectivity index (χ1) is 8.88. The van der Waals surface area contributed by atoms with Crippen molar-refractivity contribution in [1.82, 2.24) is 0 Å². The Bertz CT molecular complexity index is 406. The number of hydrogen-bond acceptors (Lipinski definition) is 3. The number of thiocarbonyl (C=S) groups is 1. The molecule has 3 nitrogen and oxygen atoms in total. The fourth-order valence-corrected chi connectivity index (χ4v) is 1.39. The molecule has 0 radical (unpaired) electrons. The predicted octanol–water partition coefficient (Wildman–Crippen LogP) is 2.67. The molecule has 106 valence electrons. The molecule has 1 aromatic carbocycles. The molecule has 0 aliphatic rings. The van der Waals surface area contributed by atoms with Gasteiger partial charge in [0.15, 0.2) is 0 Å². The summed E-state index contributed by atoms with van der Waals surface area (Å²) in [5, 5.41) is 0. The van der Waals surface area contributed by atoms with Crippen molar-refractivity contribution in [2.45, 2.75) is 12.6 Å². The van der Waals surface area contributed by atoms with Gasteiger partial charge in [0.25, 0.3) is 0 Å². The number of rotatable bonds is 7. The molecule has 0 unspecified atom stereocenters. The summed E-state index contributed by atoms with van der Waals surface area (Å²) in [6, 6.07) is 6.84. The number of benzene rings is 1. The van der Waals surface area contributed by atoms with Gasteiger partial charge in [0.2, 0.25) is 0 Å². The first-order valence-electron chi connectivity index (χ1n) is 5.55. The van der Waals surface area contributed by atoms with Crippen molar-refractivity contribution >= 4 is 17.2 Å². The van der Waals surface area contributed by atoms with Gasteiger partial charge >= 0.3 is 6.18 Å². The van der Waals surface area contributed by atoms with E-state index in [4.69, 9.17) is 22.7 Å². The van der Waals surface area contributed by atoms with E-state index in [0.29, 0.717) is 17.2 Å². The number of alkyl halides is 3. The lowest BCUT2D eigenvalue weighted by Gasteiger charge is -2.09. The summed E-state index contributed by atoms with van der Waals surface area (Å²) >= 11 is 4.80. The Kier molecular flexibility index (Phi) is 6.04. The van der Waals surface area contributed by atoms with Crippen LogP contribution in [0.25, 0.3) is 0 Å². The molecule has 19 heavy (non-hydrogen) atoms. The molecular formula is C12H14F3NO2S. The van der Waals surface area contributed by atoms with Crippen LogP contribution in [0.4, 0.5) is 13.2 Å². The molecule has 0 fully saturated rings. The molecule has 7 heteroatoms.